The molecule has 8 heteroatoms. The Morgan fingerprint density at radius 1 is 1.00 bits per heavy atom. The summed E-state index contributed by atoms with van der Waals surface area (Å²) in [5.74, 6) is 1.65. The molecule has 0 aliphatic carbocycles. The van der Waals surface area contributed by atoms with Crippen LogP contribution in [0.5, 0.6) is 11.5 Å². The average Bonchev–Trinajstić information content (AvgIpc) is 2.88. The van der Waals surface area contributed by atoms with E-state index >= 15 is 0 Å². The first-order valence-corrected chi connectivity index (χ1v) is 11.2. The third-order valence-corrected chi connectivity index (χ3v) is 5.36. The fourth-order valence-corrected chi connectivity index (χ4v) is 3.62. The summed E-state index contributed by atoms with van der Waals surface area (Å²) in [6, 6.07) is 26.7. The van der Waals surface area contributed by atoms with Crippen LogP contribution < -0.4 is 21.5 Å². The quantitative estimate of drug-likeness (QED) is 0.225. The standard InChI is InChI=1S/C28H24N6O2/c29-17-21(27(31)35)8-4-6-19-7-5-9-22(16-19)34-28-25(26(30)32-18-33-28)20-12-14-24(15-13-20)36-23-10-2-1-3-11-23/h1-3,5,7-16,18H,4,6H2,(H2,31,35)(H3,30,32,33,34)/b21-8+. The van der Waals surface area contributed by atoms with Crippen LogP contribution in [0.1, 0.15) is 12.0 Å². The lowest BCUT2D eigenvalue weighted by Crippen LogP contribution is -2.12. The number of para-hydroxylation sites is 1. The van der Waals surface area contributed by atoms with Gasteiger partial charge in [-0.15, -0.1) is 0 Å². The molecule has 178 valence electrons. The van der Waals surface area contributed by atoms with Gasteiger partial charge in [-0.25, -0.2) is 9.97 Å². The molecule has 4 rings (SSSR count). The van der Waals surface area contributed by atoms with Crippen molar-refractivity contribution in [3.05, 3.63) is 102 Å². The number of rotatable bonds is 9. The van der Waals surface area contributed by atoms with Crippen molar-refractivity contribution >= 4 is 23.2 Å². The van der Waals surface area contributed by atoms with E-state index in [2.05, 4.69) is 15.3 Å². The van der Waals surface area contributed by atoms with Crippen molar-refractivity contribution in [3.63, 3.8) is 0 Å². The molecule has 0 saturated heterocycles. The number of carbonyl (C=O) groups excluding carboxylic acids is 1. The second-order valence-electron chi connectivity index (χ2n) is 7.88. The van der Waals surface area contributed by atoms with Crippen LogP contribution in [-0.2, 0) is 11.2 Å². The van der Waals surface area contributed by atoms with E-state index in [-0.39, 0.29) is 5.57 Å². The smallest absolute Gasteiger partial charge is 0.259 e. The number of nitrogens with one attached hydrogen (secondary N) is 1. The molecule has 5 N–H and O–H groups in total. The van der Waals surface area contributed by atoms with Crippen molar-refractivity contribution in [2.24, 2.45) is 5.73 Å². The Morgan fingerprint density at radius 3 is 2.47 bits per heavy atom. The van der Waals surface area contributed by atoms with Crippen molar-refractivity contribution < 1.29 is 9.53 Å². The lowest BCUT2D eigenvalue weighted by molar-refractivity contribution is -0.114. The van der Waals surface area contributed by atoms with E-state index in [9.17, 15) is 4.79 Å². The highest BCUT2D eigenvalue weighted by Gasteiger charge is 2.13. The molecule has 0 atom stereocenters. The normalized spacial score (nSPS) is 10.9. The van der Waals surface area contributed by atoms with E-state index in [0.29, 0.717) is 35.8 Å². The van der Waals surface area contributed by atoms with Gasteiger partial charge in [-0.05, 0) is 60.4 Å². The fourth-order valence-electron chi connectivity index (χ4n) is 3.62. The van der Waals surface area contributed by atoms with Crippen LogP contribution in [0.3, 0.4) is 0 Å². The van der Waals surface area contributed by atoms with Gasteiger partial charge in [-0.3, -0.25) is 4.79 Å². The van der Waals surface area contributed by atoms with Crippen LogP contribution in [0.25, 0.3) is 11.1 Å². The first-order chi connectivity index (χ1) is 17.5. The number of ether oxygens (including phenoxy) is 1. The molecular formula is C28H24N6O2. The van der Waals surface area contributed by atoms with E-state index in [1.54, 1.807) is 6.08 Å². The molecule has 0 saturated carbocycles. The summed E-state index contributed by atoms with van der Waals surface area (Å²) < 4.78 is 5.88. The van der Waals surface area contributed by atoms with Gasteiger partial charge >= 0.3 is 0 Å². The molecule has 0 fully saturated rings. The molecule has 0 aliphatic heterocycles. The number of nitrogens with zero attached hydrogens (tertiary/aromatic N) is 3. The number of nitriles is 1. The average molecular weight is 477 g/mol. The summed E-state index contributed by atoms with van der Waals surface area (Å²) in [6.45, 7) is 0. The number of aryl methyl sites for hydroxylation is 1. The molecule has 0 bridgehead atoms. The Kier molecular flexibility index (Phi) is 7.54. The van der Waals surface area contributed by atoms with Gasteiger partial charge < -0.3 is 21.5 Å². The summed E-state index contributed by atoms with van der Waals surface area (Å²) in [5.41, 5.74) is 14.7. The number of primary amides is 1. The number of aromatic nitrogens is 2. The zero-order chi connectivity index (χ0) is 25.3. The minimum absolute atomic E-state index is 0.0365. The van der Waals surface area contributed by atoms with Crippen LogP contribution in [0.4, 0.5) is 17.3 Å². The van der Waals surface area contributed by atoms with Crippen LogP contribution in [0, 0.1) is 11.3 Å². The van der Waals surface area contributed by atoms with Gasteiger partial charge in [0, 0.05) is 5.69 Å². The minimum Gasteiger partial charge on any atom is -0.457 e. The van der Waals surface area contributed by atoms with Gasteiger partial charge in [0.2, 0.25) is 0 Å². The van der Waals surface area contributed by atoms with E-state index in [1.165, 1.54) is 6.33 Å². The molecule has 0 radical (unpaired) electrons. The summed E-state index contributed by atoms with van der Waals surface area (Å²) in [6.07, 6.45) is 4.11. The number of allylic oxidation sites excluding steroid dienone is 1. The third-order valence-electron chi connectivity index (χ3n) is 5.36. The molecule has 1 aromatic heterocycles. The van der Waals surface area contributed by atoms with E-state index in [1.807, 2.05) is 84.9 Å². The molecule has 0 unspecified atom stereocenters. The largest absolute Gasteiger partial charge is 0.457 e. The second kappa shape index (κ2) is 11.3. The lowest BCUT2D eigenvalue weighted by Gasteiger charge is -2.14. The molecule has 3 aromatic carbocycles. The Morgan fingerprint density at radius 2 is 1.75 bits per heavy atom. The van der Waals surface area contributed by atoms with E-state index < -0.39 is 5.91 Å². The Bertz CT molecular complexity index is 1430. The molecule has 0 spiro atoms. The van der Waals surface area contributed by atoms with Crippen LogP contribution in [0.15, 0.2) is 96.8 Å². The number of hydrogen-bond acceptors (Lipinski definition) is 7. The Hall–Kier alpha value is -5.16. The van der Waals surface area contributed by atoms with Gasteiger partial charge in [0.25, 0.3) is 5.91 Å². The molecule has 4 aromatic rings. The Balaban J connectivity index is 1.52. The van der Waals surface area contributed by atoms with Crippen LogP contribution in [-0.4, -0.2) is 15.9 Å². The summed E-state index contributed by atoms with van der Waals surface area (Å²) >= 11 is 0. The number of benzene rings is 3. The number of nitrogens with two attached hydrogens (primary N) is 2. The Labute approximate surface area is 208 Å². The van der Waals surface area contributed by atoms with Crippen molar-refractivity contribution in [1.29, 1.82) is 5.26 Å². The monoisotopic (exact) mass is 476 g/mol. The maximum Gasteiger partial charge on any atom is 0.259 e. The zero-order valence-electron chi connectivity index (χ0n) is 19.4. The highest BCUT2D eigenvalue weighted by Crippen LogP contribution is 2.34. The first kappa shape index (κ1) is 24.0. The van der Waals surface area contributed by atoms with Crippen molar-refractivity contribution in [2.75, 3.05) is 11.1 Å². The fraction of sp³-hybridized carbons (Fsp3) is 0.0714. The van der Waals surface area contributed by atoms with Gasteiger partial charge in [0.05, 0.1) is 5.56 Å². The second-order valence-corrected chi connectivity index (χ2v) is 7.88. The van der Waals surface area contributed by atoms with Gasteiger partial charge in [0.15, 0.2) is 0 Å². The maximum absolute atomic E-state index is 11.2. The van der Waals surface area contributed by atoms with Crippen LogP contribution in [0.2, 0.25) is 0 Å². The SMILES string of the molecule is N#C/C(=C\CCc1cccc(Nc2ncnc(N)c2-c2ccc(Oc3ccccc3)cc2)c1)C(N)=O. The topological polar surface area (TPSA) is 140 Å². The number of anilines is 3. The van der Waals surface area contributed by atoms with Crippen molar-refractivity contribution in [3.8, 4) is 28.7 Å². The minimum atomic E-state index is -0.721. The highest BCUT2D eigenvalue weighted by molar-refractivity contribution is 5.95. The van der Waals surface area contributed by atoms with E-state index in [0.717, 1.165) is 22.6 Å². The molecule has 8 nitrogen and oxygen atoms in total. The van der Waals surface area contributed by atoms with Gasteiger partial charge in [0.1, 0.15) is 41.1 Å². The molecule has 1 heterocycles. The number of carbonyl (C=O) groups is 1. The van der Waals surface area contributed by atoms with Crippen molar-refractivity contribution in [2.45, 2.75) is 12.8 Å². The van der Waals surface area contributed by atoms with Gasteiger partial charge in [-0.2, -0.15) is 5.26 Å². The van der Waals surface area contributed by atoms with Crippen molar-refractivity contribution in [1.82, 2.24) is 9.97 Å². The maximum atomic E-state index is 11.2. The predicted molar refractivity (Wildman–Crippen MR) is 139 cm³/mol. The van der Waals surface area contributed by atoms with E-state index in [4.69, 9.17) is 21.5 Å². The summed E-state index contributed by atoms with van der Waals surface area (Å²) in [4.78, 5) is 19.8. The number of amides is 1. The molecular weight excluding hydrogens is 452 g/mol. The summed E-state index contributed by atoms with van der Waals surface area (Å²) in [5, 5.41) is 12.3. The first-order valence-electron chi connectivity index (χ1n) is 11.2. The number of nitrogen functional groups attached to an aromatic ring is 1. The lowest BCUT2D eigenvalue weighted by atomic mass is 10.1. The molecule has 36 heavy (non-hydrogen) atoms. The summed E-state index contributed by atoms with van der Waals surface area (Å²) in [7, 11) is 0. The highest BCUT2D eigenvalue weighted by atomic mass is 16.5. The number of hydrogen-bond donors (Lipinski definition) is 3. The van der Waals surface area contributed by atoms with Gasteiger partial charge in [-0.1, -0.05) is 48.5 Å². The zero-order valence-corrected chi connectivity index (χ0v) is 19.4. The predicted octanol–water partition coefficient (Wildman–Crippen LogP) is 5.13. The third kappa shape index (κ3) is 6.04. The van der Waals surface area contributed by atoms with Crippen LogP contribution >= 0.6 is 0 Å². The molecule has 1 amide bonds. The molecule has 0 aliphatic rings.